The smallest absolute Gasteiger partial charge is 0.242 e. The summed E-state index contributed by atoms with van der Waals surface area (Å²) in [7, 11) is 0. The monoisotopic (exact) mass is 333 g/mol. The molecule has 1 heterocycles. The van der Waals surface area contributed by atoms with Crippen molar-refractivity contribution in [1.29, 1.82) is 0 Å². The molecule has 0 fully saturated rings. The zero-order chi connectivity index (χ0) is 12.2. The first-order valence-corrected chi connectivity index (χ1v) is 7.26. The van der Waals surface area contributed by atoms with Crippen molar-refractivity contribution in [2.75, 3.05) is 12.3 Å². The second kappa shape index (κ2) is 6.92. The van der Waals surface area contributed by atoms with E-state index >= 15 is 0 Å². The molecule has 0 N–H and O–H groups in total. The Labute approximate surface area is 129 Å². The van der Waals surface area contributed by atoms with Gasteiger partial charge in [-0.2, -0.15) is 0 Å². The van der Waals surface area contributed by atoms with Crippen LogP contribution in [0.15, 0.2) is 60.7 Å². The number of nitrogens with zero attached hydrogens (tertiary/aromatic N) is 1. The van der Waals surface area contributed by atoms with E-state index in [9.17, 15) is 0 Å². The lowest BCUT2D eigenvalue weighted by Crippen LogP contribution is -3.00. The fourth-order valence-corrected chi connectivity index (χ4v) is 3.39. The number of thioether (sulfide) groups is 1. The van der Waals surface area contributed by atoms with Crippen LogP contribution >= 0.6 is 11.8 Å². The quantitative estimate of drug-likeness (QED) is 0.735. The van der Waals surface area contributed by atoms with Crippen molar-refractivity contribution in [1.82, 2.24) is 0 Å². The van der Waals surface area contributed by atoms with Gasteiger partial charge in [0.1, 0.15) is 0 Å². The predicted molar refractivity (Wildman–Crippen MR) is 78.3 cm³/mol. The maximum absolute atomic E-state index is 2.48. The second-order valence-corrected chi connectivity index (χ2v) is 5.51. The minimum absolute atomic E-state index is 0. The van der Waals surface area contributed by atoms with Crippen molar-refractivity contribution in [3.8, 4) is 0 Å². The third-order valence-corrected chi connectivity index (χ3v) is 4.28. The van der Waals surface area contributed by atoms with Gasteiger partial charge in [-0.1, -0.05) is 60.3 Å². The van der Waals surface area contributed by atoms with E-state index in [-0.39, 0.29) is 17.0 Å². The highest BCUT2D eigenvalue weighted by molar-refractivity contribution is 8.14. The summed E-state index contributed by atoms with van der Waals surface area (Å²) in [5.74, 6) is 1.19. The molecule has 1 nitrogen and oxygen atoms in total. The lowest BCUT2D eigenvalue weighted by atomic mass is 10.2. The van der Waals surface area contributed by atoms with Gasteiger partial charge in [-0.3, -0.25) is 0 Å². The van der Waals surface area contributed by atoms with Gasteiger partial charge in [0.2, 0.25) is 5.04 Å². The zero-order valence-corrected chi connectivity index (χ0v) is 13.0. The van der Waals surface area contributed by atoms with E-state index in [0.29, 0.717) is 0 Å². The average Bonchev–Trinajstić information content (AvgIpc) is 2.89. The summed E-state index contributed by atoms with van der Waals surface area (Å²) in [6, 6.07) is 21.4. The predicted octanol–water partition coefficient (Wildman–Crippen LogP) is 0.397. The maximum atomic E-state index is 2.48. The molecule has 0 spiro atoms. The lowest BCUT2D eigenvalue weighted by Gasteiger charge is -2.02. The molecule has 19 heavy (non-hydrogen) atoms. The van der Waals surface area contributed by atoms with Crippen LogP contribution in [-0.2, 0) is 6.54 Å². The number of hydrogen-bond acceptors (Lipinski definition) is 1. The van der Waals surface area contributed by atoms with Gasteiger partial charge in [0.15, 0.2) is 13.1 Å². The molecule has 1 aliphatic heterocycles. The Morgan fingerprint density at radius 3 is 2.21 bits per heavy atom. The Hall–Kier alpha value is -1.06. The highest BCUT2D eigenvalue weighted by atomic mass is 79.9. The Bertz CT molecular complexity index is 551. The minimum atomic E-state index is 0. The van der Waals surface area contributed by atoms with Crippen LogP contribution in [0.2, 0.25) is 0 Å². The van der Waals surface area contributed by atoms with E-state index in [4.69, 9.17) is 0 Å². The lowest BCUT2D eigenvalue weighted by molar-refractivity contribution is -0.533. The standard InChI is InChI=1S/C16H16NS.BrH/c1-3-7-14(8-4-1)13-17-11-12-18-16(17)15-9-5-2-6-10-15;/h1-10H,11-13H2;1H/q+1;/p-1. The van der Waals surface area contributed by atoms with Crippen LogP contribution in [0, 0.1) is 0 Å². The molecule has 0 unspecified atom stereocenters. The normalized spacial score (nSPS) is 14.3. The molecule has 0 radical (unpaired) electrons. The Morgan fingerprint density at radius 1 is 0.895 bits per heavy atom. The molecule has 0 aromatic heterocycles. The molecule has 0 atom stereocenters. The van der Waals surface area contributed by atoms with Gasteiger partial charge in [0.05, 0.1) is 11.3 Å². The Balaban J connectivity index is 0.00000133. The molecule has 0 bridgehead atoms. The van der Waals surface area contributed by atoms with Gasteiger partial charge in [-0.05, 0) is 12.1 Å². The summed E-state index contributed by atoms with van der Waals surface area (Å²) < 4.78 is 2.48. The fraction of sp³-hybridized carbons (Fsp3) is 0.188. The second-order valence-electron chi connectivity index (χ2n) is 4.43. The first kappa shape index (κ1) is 14.4. The van der Waals surface area contributed by atoms with Crippen LogP contribution in [0.5, 0.6) is 0 Å². The molecule has 2 aromatic carbocycles. The largest absolute Gasteiger partial charge is 1.00 e. The molecule has 3 rings (SSSR count). The summed E-state index contributed by atoms with van der Waals surface area (Å²) in [6.07, 6.45) is 0. The zero-order valence-electron chi connectivity index (χ0n) is 10.6. The highest BCUT2D eigenvalue weighted by Crippen LogP contribution is 2.20. The summed E-state index contributed by atoms with van der Waals surface area (Å²) in [5, 5.41) is 1.42. The first-order valence-electron chi connectivity index (χ1n) is 6.27. The molecule has 98 valence electrons. The van der Waals surface area contributed by atoms with Gasteiger partial charge in [-0.15, -0.1) is 0 Å². The van der Waals surface area contributed by atoms with E-state index in [0.717, 1.165) is 13.1 Å². The molecule has 0 amide bonds. The van der Waals surface area contributed by atoms with Crippen molar-refractivity contribution in [2.24, 2.45) is 0 Å². The van der Waals surface area contributed by atoms with Crippen molar-refractivity contribution >= 4 is 16.8 Å². The molecule has 3 heteroatoms. The first-order chi connectivity index (χ1) is 8.93. The van der Waals surface area contributed by atoms with E-state index in [1.165, 1.54) is 21.9 Å². The van der Waals surface area contributed by atoms with Gasteiger partial charge >= 0.3 is 0 Å². The Kier molecular flexibility index (Phi) is 5.23. The minimum Gasteiger partial charge on any atom is -1.00 e. The number of rotatable bonds is 3. The van der Waals surface area contributed by atoms with Crippen molar-refractivity contribution in [3.63, 3.8) is 0 Å². The van der Waals surface area contributed by atoms with E-state index in [1.54, 1.807) is 0 Å². The topological polar surface area (TPSA) is 3.01 Å². The van der Waals surface area contributed by atoms with Crippen molar-refractivity contribution in [2.45, 2.75) is 6.54 Å². The van der Waals surface area contributed by atoms with Crippen molar-refractivity contribution in [3.05, 3.63) is 71.8 Å². The van der Waals surface area contributed by atoms with Crippen LogP contribution < -0.4 is 17.0 Å². The van der Waals surface area contributed by atoms with E-state index in [2.05, 4.69) is 65.2 Å². The molecular formula is C16H16BrNS. The van der Waals surface area contributed by atoms with Crippen LogP contribution in [0.1, 0.15) is 11.1 Å². The number of hydrogen-bond donors (Lipinski definition) is 0. The Morgan fingerprint density at radius 2 is 1.53 bits per heavy atom. The van der Waals surface area contributed by atoms with Crippen LogP contribution in [-0.4, -0.2) is 21.9 Å². The van der Waals surface area contributed by atoms with E-state index in [1.807, 2.05) is 11.8 Å². The van der Waals surface area contributed by atoms with Gasteiger partial charge in [0.25, 0.3) is 0 Å². The SMILES string of the molecule is [Br-].c1ccc(C[N+]2=C(c3ccccc3)SCC2)cc1. The van der Waals surface area contributed by atoms with Gasteiger partial charge < -0.3 is 17.0 Å². The summed E-state index contributed by atoms with van der Waals surface area (Å²) in [6.45, 7) is 2.15. The summed E-state index contributed by atoms with van der Waals surface area (Å²) >= 11 is 1.97. The van der Waals surface area contributed by atoms with E-state index < -0.39 is 0 Å². The molecule has 0 aliphatic carbocycles. The molecule has 2 aromatic rings. The molecule has 1 aliphatic rings. The van der Waals surface area contributed by atoms with Crippen molar-refractivity contribution < 1.29 is 21.6 Å². The summed E-state index contributed by atoms with van der Waals surface area (Å²) in [5.41, 5.74) is 2.73. The van der Waals surface area contributed by atoms with Crippen LogP contribution in [0.4, 0.5) is 0 Å². The third-order valence-electron chi connectivity index (χ3n) is 3.12. The molecular weight excluding hydrogens is 318 g/mol. The summed E-state index contributed by atoms with van der Waals surface area (Å²) in [4.78, 5) is 0. The van der Waals surface area contributed by atoms with Gasteiger partial charge in [-0.25, -0.2) is 4.58 Å². The van der Waals surface area contributed by atoms with Crippen LogP contribution in [0.25, 0.3) is 0 Å². The number of halogens is 1. The maximum Gasteiger partial charge on any atom is 0.242 e. The highest BCUT2D eigenvalue weighted by Gasteiger charge is 2.24. The third kappa shape index (κ3) is 3.48. The molecule has 0 saturated heterocycles. The van der Waals surface area contributed by atoms with Gasteiger partial charge in [0, 0.05) is 5.56 Å². The molecule has 0 saturated carbocycles. The van der Waals surface area contributed by atoms with Crippen LogP contribution in [0.3, 0.4) is 0 Å². The average molecular weight is 334 g/mol. The number of benzene rings is 2. The fourth-order valence-electron chi connectivity index (χ4n) is 2.25.